The molecule has 0 N–H and O–H groups in total. The van der Waals surface area contributed by atoms with Crippen LogP contribution in [0.2, 0.25) is 19.6 Å². The summed E-state index contributed by atoms with van der Waals surface area (Å²) < 4.78 is 0. The lowest BCUT2D eigenvalue weighted by Crippen LogP contribution is -2.39. The number of benzene rings is 6. The molecule has 1 saturated carbocycles. The minimum Gasteiger partial charge on any atom is -0.208 e. The number of nitrogens with zero attached hydrogens (tertiary/aromatic N) is 3. The second kappa shape index (κ2) is 12.6. The Kier molecular flexibility index (Phi) is 7.89. The minimum atomic E-state index is -1.39. The van der Waals surface area contributed by atoms with Crippen molar-refractivity contribution in [2.24, 2.45) is 0 Å². The lowest BCUT2D eigenvalue weighted by atomic mass is 9.75. The Balaban J connectivity index is 1.11. The summed E-state index contributed by atoms with van der Waals surface area (Å²) in [5.74, 6) is 2.03. The van der Waals surface area contributed by atoms with Gasteiger partial charge in [0.25, 0.3) is 0 Å². The zero-order chi connectivity index (χ0) is 35.5. The highest BCUT2D eigenvalue weighted by molar-refractivity contribution is 6.89. The van der Waals surface area contributed by atoms with E-state index in [2.05, 4.69) is 130 Å². The molecule has 1 fully saturated rings. The summed E-state index contributed by atoms with van der Waals surface area (Å²) in [4.78, 5) is 14.9. The summed E-state index contributed by atoms with van der Waals surface area (Å²) in [5, 5.41) is 1.55. The molecule has 0 radical (unpaired) electrons. The van der Waals surface area contributed by atoms with Gasteiger partial charge in [-0.3, -0.25) is 0 Å². The van der Waals surface area contributed by atoms with Gasteiger partial charge in [-0.25, -0.2) is 15.0 Å². The average Bonchev–Trinajstić information content (AvgIpc) is 3.78. The number of aryl methyl sites for hydroxylation is 1. The van der Waals surface area contributed by atoms with Crippen LogP contribution in [-0.4, -0.2) is 23.0 Å². The number of rotatable bonds is 6. The number of fused-ring (bicyclic) bond motifs is 5. The molecule has 0 atom stereocenters. The molecule has 0 amide bonds. The van der Waals surface area contributed by atoms with Crippen LogP contribution >= 0.6 is 0 Å². The molecule has 1 spiro atoms. The molecule has 0 unspecified atom stereocenters. The molecular formula is C48H43N3Si. The molecule has 2 aliphatic rings. The topological polar surface area (TPSA) is 38.7 Å². The second-order valence-corrected chi connectivity index (χ2v) is 20.7. The van der Waals surface area contributed by atoms with Crippen molar-refractivity contribution in [3.05, 3.63) is 156 Å². The molecule has 9 rings (SSSR count). The van der Waals surface area contributed by atoms with Gasteiger partial charge < -0.3 is 0 Å². The van der Waals surface area contributed by atoms with Gasteiger partial charge in [0.1, 0.15) is 0 Å². The summed E-state index contributed by atoms with van der Waals surface area (Å²) in [6, 6.07) is 50.7. The van der Waals surface area contributed by atoms with E-state index >= 15 is 0 Å². The molecule has 3 nitrogen and oxygen atoms in total. The summed E-state index contributed by atoms with van der Waals surface area (Å²) >= 11 is 0. The van der Waals surface area contributed by atoms with Crippen molar-refractivity contribution < 1.29 is 0 Å². The first-order chi connectivity index (χ1) is 25.3. The molecule has 0 aliphatic heterocycles. The van der Waals surface area contributed by atoms with E-state index in [1.165, 1.54) is 75.8 Å². The van der Waals surface area contributed by atoms with Crippen molar-refractivity contribution in [1.29, 1.82) is 0 Å². The highest BCUT2D eigenvalue weighted by Gasteiger charge is 2.45. The highest BCUT2D eigenvalue weighted by atomic mass is 28.3. The van der Waals surface area contributed by atoms with E-state index in [0.717, 1.165) is 16.7 Å². The standard InChI is InChI=1S/C48H43N3Si/c1-32-28-36(22-25-44(32)52(2,3)4)38-21-24-41-40-23-20-37(30-42(40)48(43(41)31-38)26-11-12-27-48)35-18-13-19-39(29-35)47-50-45(33-14-7-5-8-15-33)49-46(51-47)34-16-9-6-10-17-34/h5-10,13-25,28-31H,11-12,26-27H2,1-4H3. The molecule has 1 aromatic heterocycles. The van der Waals surface area contributed by atoms with Gasteiger partial charge in [0.05, 0.1) is 8.07 Å². The largest absolute Gasteiger partial charge is 0.208 e. The maximum Gasteiger partial charge on any atom is 0.164 e. The summed E-state index contributed by atoms with van der Waals surface area (Å²) in [6.07, 6.45) is 4.92. The van der Waals surface area contributed by atoms with Crippen LogP contribution in [0.25, 0.3) is 67.5 Å². The van der Waals surface area contributed by atoms with E-state index in [0.29, 0.717) is 17.5 Å². The molecule has 4 heteroatoms. The number of aromatic nitrogens is 3. The van der Waals surface area contributed by atoms with Gasteiger partial charge in [-0.1, -0.05) is 165 Å². The Morgan fingerprint density at radius 2 is 0.885 bits per heavy atom. The molecule has 254 valence electrons. The van der Waals surface area contributed by atoms with Crippen LogP contribution in [0.5, 0.6) is 0 Å². The van der Waals surface area contributed by atoms with Crippen LogP contribution in [0.4, 0.5) is 0 Å². The van der Waals surface area contributed by atoms with Gasteiger partial charge in [0, 0.05) is 22.1 Å². The van der Waals surface area contributed by atoms with Crippen molar-refractivity contribution in [3.63, 3.8) is 0 Å². The van der Waals surface area contributed by atoms with Crippen LogP contribution in [0.3, 0.4) is 0 Å². The third-order valence-electron chi connectivity index (χ3n) is 11.3. The van der Waals surface area contributed by atoms with Gasteiger partial charge in [-0.15, -0.1) is 0 Å². The zero-order valence-electron chi connectivity index (χ0n) is 30.4. The van der Waals surface area contributed by atoms with Crippen LogP contribution < -0.4 is 5.19 Å². The van der Waals surface area contributed by atoms with E-state index in [4.69, 9.17) is 15.0 Å². The van der Waals surface area contributed by atoms with Crippen molar-refractivity contribution in [2.75, 3.05) is 0 Å². The maximum absolute atomic E-state index is 5.01. The Bertz CT molecular complexity index is 2400. The first-order valence-corrected chi connectivity index (χ1v) is 22.2. The SMILES string of the molecule is Cc1cc(-c2ccc3c(c2)C2(CCCC2)c2cc(-c4cccc(-c5nc(-c6ccccc6)nc(-c6ccccc6)n5)c4)ccc2-3)ccc1[Si](C)(C)C. The van der Waals surface area contributed by atoms with Gasteiger partial charge in [0.2, 0.25) is 0 Å². The number of hydrogen-bond donors (Lipinski definition) is 0. The lowest BCUT2D eigenvalue weighted by Gasteiger charge is -2.27. The van der Waals surface area contributed by atoms with Crippen LogP contribution in [0.1, 0.15) is 42.4 Å². The van der Waals surface area contributed by atoms with E-state index in [1.807, 2.05) is 36.4 Å². The van der Waals surface area contributed by atoms with E-state index in [1.54, 1.807) is 5.19 Å². The third kappa shape index (κ3) is 5.63. The predicted octanol–water partition coefficient (Wildman–Crippen LogP) is 11.9. The maximum atomic E-state index is 5.01. The smallest absolute Gasteiger partial charge is 0.164 e. The Morgan fingerprint density at radius 3 is 1.40 bits per heavy atom. The van der Waals surface area contributed by atoms with E-state index < -0.39 is 8.07 Å². The van der Waals surface area contributed by atoms with E-state index in [-0.39, 0.29) is 5.41 Å². The molecule has 0 saturated heterocycles. The normalized spacial score (nSPS) is 14.4. The Morgan fingerprint density at radius 1 is 0.442 bits per heavy atom. The molecule has 0 bridgehead atoms. The second-order valence-electron chi connectivity index (χ2n) is 15.7. The molecule has 6 aromatic carbocycles. The zero-order valence-corrected chi connectivity index (χ0v) is 31.4. The fraction of sp³-hybridized carbons (Fsp3) is 0.188. The van der Waals surface area contributed by atoms with Crippen LogP contribution in [0.15, 0.2) is 140 Å². The molecular weight excluding hydrogens is 647 g/mol. The summed E-state index contributed by atoms with van der Waals surface area (Å²) in [7, 11) is -1.39. The van der Waals surface area contributed by atoms with Crippen molar-refractivity contribution in [2.45, 2.75) is 57.7 Å². The summed E-state index contributed by atoms with van der Waals surface area (Å²) in [6.45, 7) is 9.60. The molecule has 52 heavy (non-hydrogen) atoms. The van der Waals surface area contributed by atoms with Crippen LogP contribution in [0, 0.1) is 6.92 Å². The van der Waals surface area contributed by atoms with Gasteiger partial charge in [-0.05, 0) is 82.5 Å². The Labute approximate surface area is 308 Å². The monoisotopic (exact) mass is 689 g/mol. The third-order valence-corrected chi connectivity index (χ3v) is 13.5. The predicted molar refractivity (Wildman–Crippen MR) is 219 cm³/mol. The molecule has 1 heterocycles. The quantitative estimate of drug-likeness (QED) is 0.163. The first-order valence-electron chi connectivity index (χ1n) is 18.7. The molecule has 7 aromatic rings. The fourth-order valence-electron chi connectivity index (χ4n) is 8.83. The van der Waals surface area contributed by atoms with Gasteiger partial charge in [-0.2, -0.15) is 0 Å². The van der Waals surface area contributed by atoms with Crippen molar-refractivity contribution >= 4 is 13.3 Å². The molecule has 2 aliphatic carbocycles. The van der Waals surface area contributed by atoms with Gasteiger partial charge in [0.15, 0.2) is 17.5 Å². The highest BCUT2D eigenvalue weighted by Crippen LogP contribution is 2.58. The van der Waals surface area contributed by atoms with Crippen LogP contribution in [-0.2, 0) is 5.41 Å². The average molecular weight is 690 g/mol. The van der Waals surface area contributed by atoms with E-state index in [9.17, 15) is 0 Å². The Hall–Kier alpha value is -5.45. The van der Waals surface area contributed by atoms with Crippen molar-refractivity contribution in [1.82, 2.24) is 15.0 Å². The number of hydrogen-bond acceptors (Lipinski definition) is 3. The van der Waals surface area contributed by atoms with Gasteiger partial charge >= 0.3 is 0 Å². The first kappa shape index (κ1) is 32.5. The summed E-state index contributed by atoms with van der Waals surface area (Å²) in [5.41, 5.74) is 15.3. The lowest BCUT2D eigenvalue weighted by molar-refractivity contribution is 0.550. The van der Waals surface area contributed by atoms with Crippen molar-refractivity contribution in [3.8, 4) is 67.5 Å². The minimum absolute atomic E-state index is 0.0605. The fourth-order valence-corrected chi connectivity index (χ4v) is 10.7.